The van der Waals surface area contributed by atoms with Gasteiger partial charge in [0.05, 0.1) is 0 Å². The van der Waals surface area contributed by atoms with Crippen molar-refractivity contribution < 1.29 is 9.90 Å². The Bertz CT molecular complexity index is 552. The second kappa shape index (κ2) is 8.34. The van der Waals surface area contributed by atoms with Crippen LogP contribution in [0.25, 0.3) is 0 Å². The highest BCUT2D eigenvalue weighted by Crippen LogP contribution is 2.29. The summed E-state index contributed by atoms with van der Waals surface area (Å²) in [6, 6.07) is 10.5. The Morgan fingerprint density at radius 2 is 1.92 bits per heavy atom. The van der Waals surface area contributed by atoms with E-state index in [0.717, 1.165) is 12.8 Å². The Morgan fingerprint density at radius 1 is 1.17 bits per heavy atom. The maximum Gasteiger partial charge on any atom is 0.315 e. The molecule has 2 aliphatic carbocycles. The topological polar surface area (TPSA) is 61.4 Å². The van der Waals surface area contributed by atoms with Gasteiger partial charge in [-0.25, -0.2) is 4.79 Å². The van der Waals surface area contributed by atoms with Gasteiger partial charge in [0.25, 0.3) is 0 Å². The van der Waals surface area contributed by atoms with Crippen molar-refractivity contribution in [3.63, 3.8) is 0 Å². The number of benzene rings is 1. The molecule has 1 fully saturated rings. The minimum Gasteiger partial charge on any atom is -0.396 e. The summed E-state index contributed by atoms with van der Waals surface area (Å²) in [7, 11) is 0. The van der Waals surface area contributed by atoms with E-state index in [-0.39, 0.29) is 30.6 Å². The van der Waals surface area contributed by atoms with Crippen molar-refractivity contribution >= 4 is 6.03 Å². The van der Waals surface area contributed by atoms with Gasteiger partial charge in [-0.3, -0.25) is 0 Å². The van der Waals surface area contributed by atoms with Crippen LogP contribution in [0.4, 0.5) is 4.79 Å². The first-order valence-electron chi connectivity index (χ1n) is 9.14. The number of aliphatic hydroxyl groups is 1. The van der Waals surface area contributed by atoms with Crippen LogP contribution in [0.5, 0.6) is 0 Å². The molecule has 1 aromatic rings. The zero-order chi connectivity index (χ0) is 16.8. The van der Waals surface area contributed by atoms with E-state index in [0.29, 0.717) is 5.92 Å². The molecule has 24 heavy (non-hydrogen) atoms. The highest BCUT2D eigenvalue weighted by Gasteiger charge is 2.27. The van der Waals surface area contributed by atoms with E-state index in [2.05, 4.69) is 34.9 Å². The minimum atomic E-state index is -0.0870. The lowest BCUT2D eigenvalue weighted by Gasteiger charge is -2.26. The lowest BCUT2D eigenvalue weighted by atomic mass is 9.92. The fourth-order valence-electron chi connectivity index (χ4n) is 3.96. The van der Waals surface area contributed by atoms with Gasteiger partial charge in [0.1, 0.15) is 0 Å². The lowest BCUT2D eigenvalue weighted by Crippen LogP contribution is -2.48. The first kappa shape index (κ1) is 17.0. The standard InChI is InChI=1S/C20H28N2O2/c23-14-16-10-11-18(12-16)21-20(24)22-19(17-8-4-5-9-17)13-15-6-2-1-3-7-15/h1-3,6-7,10-11,16-19,23H,4-5,8-9,12-14H2,(H2,21,22,24)/t16-,18+,19?/m0/s1. The van der Waals surface area contributed by atoms with Crippen molar-refractivity contribution in [3.8, 4) is 0 Å². The maximum absolute atomic E-state index is 12.4. The Hall–Kier alpha value is -1.81. The van der Waals surface area contributed by atoms with Gasteiger partial charge in [0, 0.05) is 24.6 Å². The van der Waals surface area contributed by atoms with Crippen LogP contribution in [0, 0.1) is 11.8 Å². The molecule has 0 spiro atoms. The van der Waals surface area contributed by atoms with Crippen LogP contribution < -0.4 is 10.6 Å². The fourth-order valence-corrected chi connectivity index (χ4v) is 3.96. The largest absolute Gasteiger partial charge is 0.396 e. The molecule has 3 rings (SSSR count). The lowest BCUT2D eigenvalue weighted by molar-refractivity contribution is 0.223. The van der Waals surface area contributed by atoms with Crippen molar-refractivity contribution in [2.24, 2.45) is 11.8 Å². The number of aliphatic hydroxyl groups excluding tert-OH is 1. The van der Waals surface area contributed by atoms with Gasteiger partial charge in [-0.15, -0.1) is 0 Å². The van der Waals surface area contributed by atoms with Crippen LogP contribution in [-0.4, -0.2) is 29.8 Å². The van der Waals surface area contributed by atoms with E-state index in [9.17, 15) is 9.90 Å². The average Bonchev–Trinajstić information content (AvgIpc) is 3.27. The van der Waals surface area contributed by atoms with Crippen LogP contribution in [0.2, 0.25) is 0 Å². The average molecular weight is 328 g/mol. The van der Waals surface area contributed by atoms with Gasteiger partial charge in [0.2, 0.25) is 0 Å². The molecular weight excluding hydrogens is 300 g/mol. The Kier molecular flexibility index (Phi) is 5.91. The van der Waals surface area contributed by atoms with Crippen LogP contribution in [0.15, 0.2) is 42.5 Å². The number of nitrogens with one attached hydrogen (secondary N) is 2. The van der Waals surface area contributed by atoms with Crippen LogP contribution in [0.1, 0.15) is 37.7 Å². The van der Waals surface area contributed by atoms with Crippen molar-refractivity contribution in [3.05, 3.63) is 48.0 Å². The second-order valence-corrected chi connectivity index (χ2v) is 7.13. The molecule has 2 aliphatic rings. The monoisotopic (exact) mass is 328 g/mol. The summed E-state index contributed by atoms with van der Waals surface area (Å²) in [5.74, 6) is 0.741. The molecule has 130 valence electrons. The number of amides is 2. The zero-order valence-electron chi connectivity index (χ0n) is 14.2. The SMILES string of the molecule is O=C(NC(Cc1ccccc1)C1CCCC1)N[C@@H]1C=C[C@H](CO)C1. The van der Waals surface area contributed by atoms with Gasteiger partial charge >= 0.3 is 6.03 Å². The highest BCUT2D eigenvalue weighted by atomic mass is 16.3. The predicted octanol–water partition coefficient (Wildman–Crippen LogP) is 3.02. The van der Waals surface area contributed by atoms with Gasteiger partial charge in [-0.1, -0.05) is 55.3 Å². The molecule has 4 heteroatoms. The third kappa shape index (κ3) is 4.60. The van der Waals surface area contributed by atoms with E-state index in [1.807, 2.05) is 18.2 Å². The molecule has 0 aliphatic heterocycles. The van der Waals surface area contributed by atoms with Gasteiger partial charge in [-0.2, -0.15) is 0 Å². The summed E-state index contributed by atoms with van der Waals surface area (Å²) in [4.78, 5) is 12.4. The zero-order valence-corrected chi connectivity index (χ0v) is 14.2. The molecule has 3 N–H and O–H groups in total. The summed E-state index contributed by atoms with van der Waals surface area (Å²) in [6.45, 7) is 0.148. The fraction of sp³-hybridized carbons (Fsp3) is 0.550. The summed E-state index contributed by atoms with van der Waals surface area (Å²) < 4.78 is 0. The Morgan fingerprint density at radius 3 is 2.58 bits per heavy atom. The minimum absolute atomic E-state index is 0.0307. The molecule has 1 saturated carbocycles. The molecule has 0 aromatic heterocycles. The van der Waals surface area contributed by atoms with E-state index in [1.54, 1.807) is 0 Å². The van der Waals surface area contributed by atoms with Crippen molar-refractivity contribution in [2.75, 3.05) is 6.61 Å². The van der Waals surface area contributed by atoms with Crippen molar-refractivity contribution in [1.82, 2.24) is 10.6 Å². The Balaban J connectivity index is 1.57. The molecule has 0 radical (unpaired) electrons. The summed E-state index contributed by atoms with van der Waals surface area (Å²) in [5, 5.41) is 15.4. The van der Waals surface area contributed by atoms with Gasteiger partial charge in [0.15, 0.2) is 0 Å². The van der Waals surface area contributed by atoms with E-state index in [4.69, 9.17) is 0 Å². The maximum atomic E-state index is 12.4. The first-order valence-corrected chi connectivity index (χ1v) is 9.14. The van der Waals surface area contributed by atoms with Gasteiger partial charge < -0.3 is 15.7 Å². The number of hydrogen-bond donors (Lipinski definition) is 3. The number of rotatable bonds is 6. The quantitative estimate of drug-likeness (QED) is 0.703. The summed E-state index contributed by atoms with van der Waals surface area (Å²) >= 11 is 0. The van der Waals surface area contributed by atoms with Gasteiger partial charge in [-0.05, 0) is 37.2 Å². The molecule has 2 amide bonds. The van der Waals surface area contributed by atoms with Crippen molar-refractivity contribution in [2.45, 2.75) is 50.6 Å². The molecule has 0 saturated heterocycles. The molecule has 4 nitrogen and oxygen atoms in total. The van der Waals surface area contributed by atoms with E-state index in [1.165, 1.54) is 31.2 Å². The summed E-state index contributed by atoms with van der Waals surface area (Å²) in [5.41, 5.74) is 1.27. The second-order valence-electron chi connectivity index (χ2n) is 7.13. The molecule has 3 atom stereocenters. The normalized spacial score (nSPS) is 24.9. The number of carbonyl (C=O) groups excluding carboxylic acids is 1. The number of urea groups is 1. The Labute approximate surface area is 144 Å². The van der Waals surface area contributed by atoms with Crippen LogP contribution >= 0.6 is 0 Å². The smallest absolute Gasteiger partial charge is 0.315 e. The molecule has 0 heterocycles. The third-order valence-corrected chi connectivity index (χ3v) is 5.31. The third-order valence-electron chi connectivity index (χ3n) is 5.31. The first-order chi connectivity index (χ1) is 11.7. The number of hydrogen-bond acceptors (Lipinski definition) is 2. The molecule has 1 aromatic carbocycles. The van der Waals surface area contributed by atoms with Crippen LogP contribution in [0.3, 0.4) is 0 Å². The molecule has 0 bridgehead atoms. The predicted molar refractivity (Wildman–Crippen MR) is 95.7 cm³/mol. The molecule has 1 unspecified atom stereocenters. The van der Waals surface area contributed by atoms with Crippen molar-refractivity contribution in [1.29, 1.82) is 0 Å². The molecular formula is C20H28N2O2. The van der Waals surface area contributed by atoms with E-state index >= 15 is 0 Å². The number of carbonyl (C=O) groups is 1. The summed E-state index contributed by atoms with van der Waals surface area (Å²) in [6.07, 6.45) is 10.6. The highest BCUT2D eigenvalue weighted by molar-refractivity contribution is 5.75. The van der Waals surface area contributed by atoms with Crippen LogP contribution in [-0.2, 0) is 6.42 Å². The van der Waals surface area contributed by atoms with E-state index < -0.39 is 0 Å².